The van der Waals surface area contributed by atoms with Gasteiger partial charge >= 0.3 is 17.4 Å². The fourth-order valence-electron chi connectivity index (χ4n) is 0.922. The van der Waals surface area contributed by atoms with E-state index in [0.717, 1.165) is 0 Å². The van der Waals surface area contributed by atoms with Crippen molar-refractivity contribution in [1.82, 2.24) is 0 Å². The highest BCUT2D eigenvalue weighted by molar-refractivity contribution is 7.74. The molecule has 7 nitrogen and oxygen atoms in total. The van der Waals surface area contributed by atoms with Crippen molar-refractivity contribution in [1.29, 1.82) is 0 Å². The van der Waals surface area contributed by atoms with Gasteiger partial charge in [0.1, 0.15) is 0 Å². The van der Waals surface area contributed by atoms with E-state index >= 15 is 0 Å². The molecule has 1 unspecified atom stereocenters. The molecule has 0 heterocycles. The maximum atomic E-state index is 10.9. The van der Waals surface area contributed by atoms with Gasteiger partial charge in [-0.2, -0.15) is 9.27 Å². The zero-order valence-electron chi connectivity index (χ0n) is 7.49. The van der Waals surface area contributed by atoms with Crippen molar-refractivity contribution in [2.45, 2.75) is 0 Å². The lowest BCUT2D eigenvalue weighted by molar-refractivity contribution is 0.221. The second-order valence-corrected chi connectivity index (χ2v) is 3.10. The first-order chi connectivity index (χ1) is 7.00. The number of rotatable bonds is 3. The summed E-state index contributed by atoms with van der Waals surface area (Å²) in [5.41, 5.74) is 10.9. The van der Waals surface area contributed by atoms with Gasteiger partial charge in [0.25, 0.3) is 0 Å². The number of hydrogen-bond donors (Lipinski definition) is 3. The Morgan fingerprint density at radius 3 is 2.67 bits per heavy atom. The number of nitrogens with two attached hydrogens (primary N) is 2. The summed E-state index contributed by atoms with van der Waals surface area (Å²) in [5.74, 6) is 0. The summed E-state index contributed by atoms with van der Waals surface area (Å²) in [6.07, 6.45) is 0. The molecule has 15 heavy (non-hydrogen) atoms. The van der Waals surface area contributed by atoms with Crippen molar-refractivity contribution >= 4 is 28.8 Å². The number of hydroxylamine groups is 1. The van der Waals surface area contributed by atoms with Crippen LogP contribution in [0.4, 0.5) is 16.2 Å². The van der Waals surface area contributed by atoms with Crippen molar-refractivity contribution in [2.24, 2.45) is 5.73 Å². The Labute approximate surface area is 88.1 Å². The molecule has 2 amide bonds. The molecule has 82 valence electrons. The third-order valence-electron chi connectivity index (χ3n) is 1.44. The Balaban J connectivity index is 2.98. The highest BCUT2D eigenvalue weighted by Gasteiger charge is 2.16. The van der Waals surface area contributed by atoms with Gasteiger partial charge in [0, 0.05) is 5.69 Å². The SMILES string of the molecule is NC(=O)N(OS(=O)O)c1cccc(N)c1. The third kappa shape index (κ3) is 3.20. The summed E-state index contributed by atoms with van der Waals surface area (Å²) in [6.45, 7) is 0. The van der Waals surface area contributed by atoms with Crippen LogP contribution in [0.25, 0.3) is 0 Å². The smallest absolute Gasteiger partial charge is 0.344 e. The molecule has 1 rings (SSSR count). The van der Waals surface area contributed by atoms with Gasteiger partial charge in [-0.05, 0) is 18.2 Å². The zero-order chi connectivity index (χ0) is 11.4. The first-order valence-corrected chi connectivity index (χ1v) is 4.78. The minimum absolute atomic E-state index is 0.171. The Kier molecular flexibility index (Phi) is 3.61. The van der Waals surface area contributed by atoms with Crippen LogP contribution in [0.2, 0.25) is 0 Å². The van der Waals surface area contributed by atoms with Crippen molar-refractivity contribution in [3.8, 4) is 0 Å². The number of nitrogens with zero attached hydrogens (tertiary/aromatic N) is 1. The topological polar surface area (TPSA) is 119 Å². The van der Waals surface area contributed by atoms with E-state index in [-0.39, 0.29) is 5.69 Å². The monoisotopic (exact) mass is 231 g/mol. The molecule has 0 aliphatic carbocycles. The van der Waals surface area contributed by atoms with E-state index in [1.165, 1.54) is 12.1 Å². The van der Waals surface area contributed by atoms with Crippen LogP contribution < -0.4 is 16.5 Å². The maximum absolute atomic E-state index is 10.9. The first kappa shape index (κ1) is 11.4. The van der Waals surface area contributed by atoms with Crippen LogP contribution in [0, 0.1) is 0 Å². The van der Waals surface area contributed by atoms with E-state index in [2.05, 4.69) is 4.28 Å². The Hall–Kier alpha value is -1.64. The molecule has 1 aromatic carbocycles. The molecular formula is C7H9N3O4S. The number of anilines is 2. The number of hydrogen-bond acceptors (Lipinski definition) is 4. The predicted molar refractivity (Wildman–Crippen MR) is 54.8 cm³/mol. The van der Waals surface area contributed by atoms with Crippen LogP contribution in [0.3, 0.4) is 0 Å². The van der Waals surface area contributed by atoms with Gasteiger partial charge in [-0.1, -0.05) is 6.07 Å². The van der Waals surface area contributed by atoms with Crippen LogP contribution >= 0.6 is 0 Å². The highest BCUT2D eigenvalue weighted by Crippen LogP contribution is 2.17. The molecule has 0 aliphatic rings. The highest BCUT2D eigenvalue weighted by atomic mass is 32.2. The van der Waals surface area contributed by atoms with Crippen LogP contribution in [-0.4, -0.2) is 14.8 Å². The number of nitrogen functional groups attached to an aromatic ring is 1. The zero-order valence-corrected chi connectivity index (χ0v) is 8.31. The lowest BCUT2D eigenvalue weighted by Gasteiger charge is -2.16. The number of amides is 2. The van der Waals surface area contributed by atoms with Crippen molar-refractivity contribution < 1.29 is 17.8 Å². The number of benzene rings is 1. The second-order valence-electron chi connectivity index (χ2n) is 2.52. The molecule has 0 bridgehead atoms. The molecule has 0 aliphatic heterocycles. The number of urea groups is 1. The molecular weight excluding hydrogens is 222 g/mol. The standard InChI is InChI=1S/C7H9N3O4S/c8-5-2-1-3-6(4-5)10(7(9)11)14-15(12)13/h1-4H,8H2,(H2,9,11)(H,12,13). The van der Waals surface area contributed by atoms with E-state index in [9.17, 15) is 9.00 Å². The summed E-state index contributed by atoms with van der Waals surface area (Å²) in [7, 11) is 0. The normalized spacial score (nSPS) is 12.1. The lowest BCUT2D eigenvalue weighted by Crippen LogP contribution is -2.36. The predicted octanol–water partition coefficient (Wildman–Crippen LogP) is 0.222. The van der Waals surface area contributed by atoms with Gasteiger partial charge in [0.15, 0.2) is 0 Å². The molecule has 0 saturated heterocycles. The largest absolute Gasteiger partial charge is 0.399 e. The minimum Gasteiger partial charge on any atom is -0.399 e. The fraction of sp³-hybridized carbons (Fsp3) is 0. The van der Waals surface area contributed by atoms with E-state index in [1.807, 2.05) is 0 Å². The average molecular weight is 231 g/mol. The fourth-order valence-corrected chi connectivity index (χ4v) is 1.21. The summed E-state index contributed by atoms with van der Waals surface area (Å²) in [6, 6.07) is 4.93. The lowest BCUT2D eigenvalue weighted by atomic mass is 10.3. The summed E-state index contributed by atoms with van der Waals surface area (Å²) < 4.78 is 23.1. The minimum atomic E-state index is -2.64. The molecule has 8 heteroatoms. The third-order valence-corrected chi connectivity index (χ3v) is 1.72. The van der Waals surface area contributed by atoms with E-state index in [4.69, 9.17) is 16.0 Å². The molecule has 1 atom stereocenters. The van der Waals surface area contributed by atoms with Crippen molar-refractivity contribution in [3.63, 3.8) is 0 Å². The average Bonchev–Trinajstić information content (AvgIpc) is 2.13. The number of carbonyl (C=O) groups excluding carboxylic acids is 1. The van der Waals surface area contributed by atoms with Gasteiger partial charge in [-0.15, -0.1) is 4.28 Å². The van der Waals surface area contributed by atoms with Gasteiger partial charge in [-0.3, -0.25) is 4.55 Å². The summed E-state index contributed by atoms with van der Waals surface area (Å²) in [5, 5.41) is 0.479. The summed E-state index contributed by atoms with van der Waals surface area (Å²) in [4.78, 5) is 10.9. The maximum Gasteiger partial charge on any atom is 0.344 e. The molecule has 5 N–H and O–H groups in total. The van der Waals surface area contributed by atoms with E-state index in [0.29, 0.717) is 10.8 Å². The number of carbonyl (C=O) groups is 1. The van der Waals surface area contributed by atoms with Gasteiger partial charge in [-0.25, -0.2) is 4.79 Å². The van der Waals surface area contributed by atoms with Crippen molar-refractivity contribution in [3.05, 3.63) is 24.3 Å². The second kappa shape index (κ2) is 4.73. The van der Waals surface area contributed by atoms with Crippen molar-refractivity contribution in [2.75, 3.05) is 10.8 Å². The van der Waals surface area contributed by atoms with Crippen LogP contribution in [0.15, 0.2) is 24.3 Å². The van der Waals surface area contributed by atoms with Gasteiger partial charge in [0.05, 0.1) is 5.69 Å². The molecule has 0 saturated carbocycles. The molecule has 0 aromatic heterocycles. The summed E-state index contributed by atoms with van der Waals surface area (Å²) >= 11 is -2.64. The van der Waals surface area contributed by atoms with E-state index in [1.54, 1.807) is 12.1 Å². The molecule has 1 aromatic rings. The molecule has 0 fully saturated rings. The van der Waals surface area contributed by atoms with Gasteiger partial charge in [0.2, 0.25) is 0 Å². The Morgan fingerprint density at radius 1 is 1.53 bits per heavy atom. The van der Waals surface area contributed by atoms with Crippen LogP contribution in [-0.2, 0) is 15.6 Å². The molecule has 0 spiro atoms. The molecule has 0 radical (unpaired) electrons. The Bertz CT molecular complexity index is 398. The van der Waals surface area contributed by atoms with Gasteiger partial charge < -0.3 is 11.5 Å². The first-order valence-electron chi connectivity index (χ1n) is 3.75. The van der Waals surface area contributed by atoms with Crippen LogP contribution in [0.5, 0.6) is 0 Å². The van der Waals surface area contributed by atoms with Crippen LogP contribution in [0.1, 0.15) is 0 Å². The number of primary amides is 1. The quantitative estimate of drug-likeness (QED) is 0.390. The van der Waals surface area contributed by atoms with E-state index < -0.39 is 17.4 Å². The Morgan fingerprint density at radius 2 is 2.20 bits per heavy atom.